The summed E-state index contributed by atoms with van der Waals surface area (Å²) >= 11 is 0. The van der Waals surface area contributed by atoms with Crippen LogP contribution in [0, 0.1) is 0 Å². The van der Waals surface area contributed by atoms with Gasteiger partial charge in [-0.3, -0.25) is 0 Å². The monoisotopic (exact) mass is 299 g/mol. The smallest absolute Gasteiger partial charge is 0.161 e. The molecule has 0 saturated heterocycles. The van der Waals surface area contributed by atoms with Crippen molar-refractivity contribution in [2.24, 2.45) is 16.2 Å². The SMILES string of the molecule is COc1cc(CC(C)N=NN)ccc1OCc1ccccc1. The first-order valence-corrected chi connectivity index (χ1v) is 7.16. The molecular formula is C17H21N3O2. The largest absolute Gasteiger partial charge is 0.493 e. The summed E-state index contributed by atoms with van der Waals surface area (Å²) in [6.45, 7) is 2.47. The second-order valence-corrected chi connectivity index (χ2v) is 5.04. The summed E-state index contributed by atoms with van der Waals surface area (Å²) in [5.74, 6) is 6.51. The molecule has 0 aliphatic rings. The van der Waals surface area contributed by atoms with Gasteiger partial charge in [-0.1, -0.05) is 41.6 Å². The highest BCUT2D eigenvalue weighted by molar-refractivity contribution is 5.43. The van der Waals surface area contributed by atoms with Crippen molar-refractivity contribution in [3.8, 4) is 11.5 Å². The minimum absolute atomic E-state index is 0.0331. The molecule has 2 aromatic carbocycles. The van der Waals surface area contributed by atoms with Gasteiger partial charge in [-0.2, -0.15) is 5.11 Å². The molecular weight excluding hydrogens is 278 g/mol. The lowest BCUT2D eigenvalue weighted by molar-refractivity contribution is 0.284. The predicted octanol–water partition coefficient (Wildman–Crippen LogP) is 3.53. The average molecular weight is 299 g/mol. The van der Waals surface area contributed by atoms with Gasteiger partial charge in [-0.05, 0) is 36.6 Å². The number of benzene rings is 2. The van der Waals surface area contributed by atoms with Crippen LogP contribution < -0.4 is 15.3 Å². The van der Waals surface area contributed by atoms with Crippen molar-refractivity contribution >= 4 is 0 Å². The summed E-state index contributed by atoms with van der Waals surface area (Å²) < 4.78 is 11.2. The Morgan fingerprint density at radius 1 is 1.05 bits per heavy atom. The van der Waals surface area contributed by atoms with Gasteiger partial charge in [-0.25, -0.2) is 0 Å². The van der Waals surface area contributed by atoms with Gasteiger partial charge in [0, 0.05) is 0 Å². The summed E-state index contributed by atoms with van der Waals surface area (Å²) in [5.41, 5.74) is 2.22. The number of ether oxygens (including phenoxy) is 2. The summed E-state index contributed by atoms with van der Waals surface area (Å²) in [6.07, 6.45) is 0.746. The van der Waals surface area contributed by atoms with E-state index in [1.807, 2.05) is 55.5 Å². The lowest BCUT2D eigenvalue weighted by atomic mass is 10.1. The molecule has 0 aliphatic carbocycles. The van der Waals surface area contributed by atoms with E-state index >= 15 is 0 Å². The summed E-state index contributed by atoms with van der Waals surface area (Å²) in [7, 11) is 1.64. The van der Waals surface area contributed by atoms with Gasteiger partial charge in [0.1, 0.15) is 6.61 Å². The standard InChI is InChI=1S/C17H21N3O2/c1-13(19-20-18)10-15-8-9-16(17(11-15)21-2)22-12-14-6-4-3-5-7-14/h3-9,11,13H,10,12H2,1-2H3,(H2,18,19). The zero-order valence-electron chi connectivity index (χ0n) is 12.9. The van der Waals surface area contributed by atoms with E-state index in [-0.39, 0.29) is 6.04 Å². The lowest BCUT2D eigenvalue weighted by Gasteiger charge is -2.13. The molecule has 5 heteroatoms. The molecule has 0 amide bonds. The Balaban J connectivity index is 2.05. The predicted molar refractivity (Wildman–Crippen MR) is 86.0 cm³/mol. The molecule has 116 valence electrons. The Bertz CT molecular complexity index is 615. The molecule has 2 aromatic rings. The van der Waals surface area contributed by atoms with E-state index in [1.165, 1.54) is 0 Å². The second-order valence-electron chi connectivity index (χ2n) is 5.04. The Morgan fingerprint density at radius 2 is 1.82 bits per heavy atom. The molecule has 1 unspecified atom stereocenters. The van der Waals surface area contributed by atoms with Crippen molar-refractivity contribution in [3.63, 3.8) is 0 Å². The van der Waals surface area contributed by atoms with Gasteiger partial charge in [0.2, 0.25) is 0 Å². The highest BCUT2D eigenvalue weighted by atomic mass is 16.5. The lowest BCUT2D eigenvalue weighted by Crippen LogP contribution is -2.04. The molecule has 22 heavy (non-hydrogen) atoms. The van der Waals surface area contributed by atoms with E-state index in [2.05, 4.69) is 10.3 Å². The van der Waals surface area contributed by atoms with Crippen LogP contribution in [0.1, 0.15) is 18.1 Å². The first-order chi connectivity index (χ1) is 10.7. The first kappa shape index (κ1) is 15.8. The van der Waals surface area contributed by atoms with E-state index in [0.29, 0.717) is 12.4 Å². The Kier molecular flexibility index (Phi) is 5.77. The Labute approximate surface area is 130 Å². The quantitative estimate of drug-likeness (QED) is 0.483. The molecule has 2 rings (SSSR count). The van der Waals surface area contributed by atoms with Crippen LogP contribution in [0.15, 0.2) is 58.9 Å². The van der Waals surface area contributed by atoms with Crippen molar-refractivity contribution in [1.82, 2.24) is 0 Å². The zero-order chi connectivity index (χ0) is 15.8. The molecule has 0 aliphatic heterocycles. The molecule has 1 atom stereocenters. The van der Waals surface area contributed by atoms with Gasteiger partial charge in [0.25, 0.3) is 0 Å². The molecule has 5 nitrogen and oxygen atoms in total. The minimum atomic E-state index is 0.0331. The van der Waals surface area contributed by atoms with Crippen LogP contribution in [0.2, 0.25) is 0 Å². The number of hydrogen-bond donors (Lipinski definition) is 1. The van der Waals surface area contributed by atoms with E-state index in [9.17, 15) is 0 Å². The van der Waals surface area contributed by atoms with Crippen LogP contribution >= 0.6 is 0 Å². The maximum absolute atomic E-state index is 5.83. The fourth-order valence-corrected chi connectivity index (χ4v) is 2.19. The van der Waals surface area contributed by atoms with Crippen LogP contribution in [0.25, 0.3) is 0 Å². The fourth-order valence-electron chi connectivity index (χ4n) is 2.19. The minimum Gasteiger partial charge on any atom is -0.493 e. The van der Waals surface area contributed by atoms with Crippen LogP contribution in [0.4, 0.5) is 0 Å². The highest BCUT2D eigenvalue weighted by Gasteiger charge is 2.08. The highest BCUT2D eigenvalue weighted by Crippen LogP contribution is 2.29. The van der Waals surface area contributed by atoms with Crippen LogP contribution in [-0.2, 0) is 13.0 Å². The van der Waals surface area contributed by atoms with Crippen LogP contribution in [0.3, 0.4) is 0 Å². The average Bonchev–Trinajstić information content (AvgIpc) is 2.54. The number of nitrogens with zero attached hydrogens (tertiary/aromatic N) is 2. The zero-order valence-corrected chi connectivity index (χ0v) is 12.9. The summed E-state index contributed by atoms with van der Waals surface area (Å²) in [5, 5.41) is 7.23. The molecule has 0 saturated carbocycles. The summed E-state index contributed by atoms with van der Waals surface area (Å²) in [6, 6.07) is 15.9. The van der Waals surface area contributed by atoms with E-state index in [1.54, 1.807) is 7.11 Å². The Morgan fingerprint density at radius 3 is 2.50 bits per heavy atom. The van der Waals surface area contributed by atoms with Gasteiger partial charge in [-0.15, -0.1) is 0 Å². The molecule has 0 aromatic heterocycles. The van der Waals surface area contributed by atoms with E-state index in [0.717, 1.165) is 23.3 Å². The molecule has 0 radical (unpaired) electrons. The topological polar surface area (TPSA) is 69.2 Å². The molecule has 2 N–H and O–H groups in total. The second kappa shape index (κ2) is 8.02. The number of hydrogen-bond acceptors (Lipinski definition) is 4. The van der Waals surface area contributed by atoms with Crippen molar-refractivity contribution in [1.29, 1.82) is 0 Å². The molecule has 0 spiro atoms. The number of rotatable bonds is 7. The van der Waals surface area contributed by atoms with Gasteiger partial charge < -0.3 is 15.3 Å². The first-order valence-electron chi connectivity index (χ1n) is 7.16. The van der Waals surface area contributed by atoms with E-state index in [4.69, 9.17) is 15.3 Å². The van der Waals surface area contributed by atoms with Gasteiger partial charge >= 0.3 is 0 Å². The van der Waals surface area contributed by atoms with Crippen LogP contribution in [0.5, 0.6) is 11.5 Å². The molecule has 0 bridgehead atoms. The third-order valence-corrected chi connectivity index (χ3v) is 3.26. The van der Waals surface area contributed by atoms with Gasteiger partial charge in [0.05, 0.1) is 13.2 Å². The maximum atomic E-state index is 5.83. The molecule has 0 heterocycles. The van der Waals surface area contributed by atoms with Crippen molar-refractivity contribution in [3.05, 3.63) is 59.7 Å². The number of methoxy groups -OCH3 is 1. The van der Waals surface area contributed by atoms with Crippen molar-refractivity contribution < 1.29 is 9.47 Å². The van der Waals surface area contributed by atoms with E-state index < -0.39 is 0 Å². The third-order valence-electron chi connectivity index (χ3n) is 3.26. The maximum Gasteiger partial charge on any atom is 0.161 e. The third kappa shape index (κ3) is 4.48. The normalized spacial score (nSPS) is 12.3. The van der Waals surface area contributed by atoms with Crippen LogP contribution in [-0.4, -0.2) is 13.2 Å². The summed E-state index contributed by atoms with van der Waals surface area (Å²) in [4.78, 5) is 0. The fraction of sp³-hybridized carbons (Fsp3) is 0.294. The number of nitrogens with two attached hydrogens (primary N) is 1. The van der Waals surface area contributed by atoms with Crippen molar-refractivity contribution in [2.75, 3.05) is 7.11 Å². The molecule has 0 fully saturated rings. The van der Waals surface area contributed by atoms with Crippen molar-refractivity contribution in [2.45, 2.75) is 26.0 Å². The van der Waals surface area contributed by atoms with Gasteiger partial charge in [0.15, 0.2) is 11.5 Å². The Hall–Kier alpha value is -2.56.